The molecule has 0 saturated heterocycles. The Morgan fingerprint density at radius 2 is 2.13 bits per heavy atom. The van der Waals surface area contributed by atoms with Crippen molar-refractivity contribution >= 4 is 35.0 Å². The minimum absolute atomic E-state index is 0.00416. The quantitative estimate of drug-likeness (QED) is 0.292. The van der Waals surface area contributed by atoms with Crippen LogP contribution in [0, 0.1) is 0 Å². The summed E-state index contributed by atoms with van der Waals surface area (Å²) < 4.78 is 0. The second-order valence-corrected chi connectivity index (χ2v) is 3.25. The van der Waals surface area contributed by atoms with E-state index in [1.165, 1.54) is 6.07 Å². The number of nitrogens with two attached hydrogens (primary N) is 1. The lowest BCUT2D eigenvalue weighted by Crippen LogP contribution is -2.15. The molecule has 0 aliphatic rings. The summed E-state index contributed by atoms with van der Waals surface area (Å²) in [5.41, 5.74) is 5.47. The molecule has 0 bridgehead atoms. The second-order valence-electron chi connectivity index (χ2n) is 2.57. The van der Waals surface area contributed by atoms with Crippen molar-refractivity contribution in [1.29, 1.82) is 0 Å². The van der Waals surface area contributed by atoms with Crippen molar-refractivity contribution in [2.24, 2.45) is 10.9 Å². The van der Waals surface area contributed by atoms with Gasteiger partial charge >= 0.3 is 5.97 Å². The smallest absolute Gasteiger partial charge is 0.367 e. The van der Waals surface area contributed by atoms with Crippen LogP contribution in [0.4, 0.5) is 0 Å². The van der Waals surface area contributed by atoms with E-state index in [2.05, 4.69) is 9.99 Å². The van der Waals surface area contributed by atoms with E-state index >= 15 is 0 Å². The molecule has 0 atom stereocenters. The zero-order chi connectivity index (χ0) is 11.3. The monoisotopic (exact) mass is 246 g/mol. The highest BCUT2D eigenvalue weighted by Crippen LogP contribution is 2.15. The average Bonchev–Trinajstić information content (AvgIpc) is 2.26. The number of carbonyl (C=O) groups is 1. The molecule has 1 rings (SSSR count). The summed E-state index contributed by atoms with van der Waals surface area (Å²) in [6, 6.07) is 6.47. The fourth-order valence-corrected chi connectivity index (χ4v) is 1.06. The van der Waals surface area contributed by atoms with Gasteiger partial charge in [-0.25, -0.2) is 4.79 Å². The maximum Gasteiger partial charge on any atom is 0.367 e. The molecule has 0 aliphatic carbocycles. The topological polar surface area (TPSA) is 64.7 Å². The number of oxime groups is 1. The lowest BCUT2D eigenvalue weighted by Gasteiger charge is -2.00. The molecule has 80 valence electrons. The van der Waals surface area contributed by atoms with Crippen molar-refractivity contribution in [1.82, 2.24) is 0 Å². The molecule has 0 radical (unpaired) electrons. The molecule has 0 aromatic heterocycles. The van der Waals surface area contributed by atoms with E-state index in [-0.39, 0.29) is 17.3 Å². The van der Waals surface area contributed by atoms with Crippen LogP contribution < -0.4 is 5.73 Å². The van der Waals surface area contributed by atoms with Gasteiger partial charge in [-0.3, -0.25) is 0 Å². The van der Waals surface area contributed by atoms with E-state index < -0.39 is 5.97 Å². The molecule has 0 saturated carbocycles. The van der Waals surface area contributed by atoms with Gasteiger partial charge in [0.05, 0.1) is 16.5 Å². The number of hydrogen-bond donors (Lipinski definition) is 1. The SMILES string of the molecule is NC(CCl)=NOC(=O)c1ccccc1Cl. The maximum absolute atomic E-state index is 11.4. The first-order valence-electron chi connectivity index (χ1n) is 3.99. The number of carbonyl (C=O) groups excluding carboxylic acids is 1. The van der Waals surface area contributed by atoms with Crippen LogP contribution in [0.25, 0.3) is 0 Å². The van der Waals surface area contributed by atoms with Crippen LogP contribution in [-0.2, 0) is 4.84 Å². The largest absolute Gasteiger partial charge is 0.383 e. The second kappa shape index (κ2) is 5.58. The molecule has 15 heavy (non-hydrogen) atoms. The van der Waals surface area contributed by atoms with Crippen LogP contribution in [0.1, 0.15) is 10.4 Å². The molecule has 0 heterocycles. The zero-order valence-electron chi connectivity index (χ0n) is 7.61. The van der Waals surface area contributed by atoms with E-state index in [0.717, 1.165) is 0 Å². The first-order chi connectivity index (χ1) is 7.15. The Morgan fingerprint density at radius 1 is 1.47 bits per heavy atom. The Morgan fingerprint density at radius 3 is 2.73 bits per heavy atom. The molecule has 1 aromatic rings. The van der Waals surface area contributed by atoms with E-state index in [0.29, 0.717) is 5.02 Å². The minimum atomic E-state index is -0.673. The molecule has 4 nitrogen and oxygen atoms in total. The highest BCUT2D eigenvalue weighted by molar-refractivity contribution is 6.33. The van der Waals surface area contributed by atoms with Crippen molar-refractivity contribution in [3.63, 3.8) is 0 Å². The minimum Gasteiger partial charge on any atom is -0.383 e. The Kier molecular flexibility index (Phi) is 4.39. The number of benzene rings is 1. The molecular formula is C9H8Cl2N2O2. The summed E-state index contributed by atoms with van der Waals surface area (Å²) in [5, 5.41) is 3.61. The van der Waals surface area contributed by atoms with Gasteiger partial charge < -0.3 is 10.6 Å². The first-order valence-corrected chi connectivity index (χ1v) is 4.90. The number of hydrogen-bond acceptors (Lipinski definition) is 3. The van der Waals surface area contributed by atoms with Gasteiger partial charge in [0, 0.05) is 0 Å². The molecule has 0 fully saturated rings. The van der Waals surface area contributed by atoms with Crippen LogP contribution in [0.3, 0.4) is 0 Å². The average molecular weight is 247 g/mol. The van der Waals surface area contributed by atoms with Crippen molar-refractivity contribution in [2.75, 3.05) is 5.88 Å². The predicted octanol–water partition coefficient (Wildman–Crippen LogP) is 2.01. The Balaban J connectivity index is 2.74. The molecule has 6 heteroatoms. The van der Waals surface area contributed by atoms with Crippen LogP contribution >= 0.6 is 23.2 Å². The van der Waals surface area contributed by atoms with Gasteiger partial charge in [0.2, 0.25) is 0 Å². The summed E-state index contributed by atoms with van der Waals surface area (Å²) in [7, 11) is 0. The molecule has 1 aromatic carbocycles. The van der Waals surface area contributed by atoms with Crippen molar-refractivity contribution in [3.8, 4) is 0 Å². The zero-order valence-corrected chi connectivity index (χ0v) is 9.13. The van der Waals surface area contributed by atoms with Gasteiger partial charge in [0.15, 0.2) is 5.84 Å². The molecule has 0 amide bonds. The number of nitrogens with zero attached hydrogens (tertiary/aromatic N) is 1. The summed E-state index contributed by atoms with van der Waals surface area (Å²) >= 11 is 11.1. The first kappa shape index (κ1) is 11.8. The number of alkyl halides is 1. The lowest BCUT2D eigenvalue weighted by atomic mass is 10.2. The highest BCUT2D eigenvalue weighted by Gasteiger charge is 2.10. The predicted molar refractivity (Wildman–Crippen MR) is 59.2 cm³/mol. The summed E-state index contributed by atoms with van der Waals surface area (Å²) in [5.74, 6) is -0.652. The highest BCUT2D eigenvalue weighted by atomic mass is 35.5. The van der Waals surface area contributed by atoms with E-state index in [4.69, 9.17) is 28.9 Å². The molecule has 2 N–H and O–H groups in total. The van der Waals surface area contributed by atoms with Crippen molar-refractivity contribution in [3.05, 3.63) is 34.9 Å². The molecule has 0 unspecified atom stereocenters. The third-order valence-electron chi connectivity index (χ3n) is 1.48. The third-order valence-corrected chi connectivity index (χ3v) is 2.08. The third kappa shape index (κ3) is 3.42. The maximum atomic E-state index is 11.4. The van der Waals surface area contributed by atoms with Gasteiger partial charge in [0.1, 0.15) is 0 Å². The summed E-state index contributed by atoms with van der Waals surface area (Å²) in [6.07, 6.45) is 0. The molecule has 0 spiro atoms. The summed E-state index contributed by atoms with van der Waals surface area (Å²) in [6.45, 7) is 0. The number of amidine groups is 1. The van der Waals surface area contributed by atoms with E-state index in [1.807, 2.05) is 0 Å². The van der Waals surface area contributed by atoms with Crippen molar-refractivity contribution < 1.29 is 9.63 Å². The van der Waals surface area contributed by atoms with Gasteiger partial charge in [-0.05, 0) is 12.1 Å². The standard InChI is InChI=1S/C9H8Cl2N2O2/c10-5-8(12)13-15-9(14)6-3-1-2-4-7(6)11/h1-4H,5H2,(H2,12,13). The fourth-order valence-electron chi connectivity index (χ4n) is 0.800. The fraction of sp³-hybridized carbons (Fsp3) is 0.111. The Hall–Kier alpha value is -1.26. The Labute approximate surface area is 96.6 Å². The lowest BCUT2D eigenvalue weighted by molar-refractivity contribution is 0.0515. The van der Waals surface area contributed by atoms with Crippen LogP contribution in [0.2, 0.25) is 5.02 Å². The van der Waals surface area contributed by atoms with Crippen LogP contribution in [0.5, 0.6) is 0 Å². The molecular weight excluding hydrogens is 239 g/mol. The Bertz CT molecular complexity index is 393. The van der Waals surface area contributed by atoms with Gasteiger partial charge in [-0.15, -0.1) is 11.6 Å². The van der Waals surface area contributed by atoms with E-state index in [1.54, 1.807) is 18.2 Å². The normalized spacial score (nSPS) is 11.2. The van der Waals surface area contributed by atoms with Crippen LogP contribution in [0.15, 0.2) is 29.4 Å². The molecule has 0 aliphatic heterocycles. The number of rotatable bonds is 3. The van der Waals surface area contributed by atoms with Gasteiger partial charge in [-0.2, -0.15) is 0 Å². The van der Waals surface area contributed by atoms with Crippen molar-refractivity contribution in [2.45, 2.75) is 0 Å². The summed E-state index contributed by atoms with van der Waals surface area (Å²) in [4.78, 5) is 15.9. The van der Waals surface area contributed by atoms with Crippen LogP contribution in [-0.4, -0.2) is 17.7 Å². The van der Waals surface area contributed by atoms with Gasteiger partial charge in [0.25, 0.3) is 0 Å². The van der Waals surface area contributed by atoms with Gasteiger partial charge in [-0.1, -0.05) is 28.9 Å². The number of halogens is 2. The van der Waals surface area contributed by atoms with E-state index in [9.17, 15) is 4.79 Å².